The van der Waals surface area contributed by atoms with Crippen molar-refractivity contribution >= 4 is 22.7 Å². The SMILES string of the molecule is Cc1ccc(C)c2c1n(Cc1cccc(C(=N)N)c1)c(=O)n2Cc1cccc(C(=N)N)c1. The molecule has 0 fully saturated rings. The Bertz CT molecular complexity index is 1320. The molecule has 0 spiro atoms. The zero-order valence-corrected chi connectivity index (χ0v) is 18.1. The molecule has 1 aromatic heterocycles. The van der Waals surface area contributed by atoms with Crippen LogP contribution in [0.3, 0.4) is 0 Å². The molecule has 6 N–H and O–H groups in total. The highest BCUT2D eigenvalue weighted by atomic mass is 16.1. The molecular formula is C25H26N6O. The summed E-state index contributed by atoms with van der Waals surface area (Å²) in [6, 6.07) is 18.9. The predicted molar refractivity (Wildman–Crippen MR) is 129 cm³/mol. The van der Waals surface area contributed by atoms with Crippen molar-refractivity contribution in [2.45, 2.75) is 26.9 Å². The molecule has 0 atom stereocenters. The molecule has 4 rings (SSSR count). The molecule has 7 nitrogen and oxygen atoms in total. The summed E-state index contributed by atoms with van der Waals surface area (Å²) in [6.45, 7) is 4.76. The van der Waals surface area contributed by atoms with E-state index in [0.717, 1.165) is 33.3 Å². The first-order valence-electron chi connectivity index (χ1n) is 10.3. The minimum atomic E-state index is -0.112. The lowest BCUT2D eigenvalue weighted by Gasteiger charge is -2.08. The van der Waals surface area contributed by atoms with E-state index in [9.17, 15) is 4.79 Å². The molecule has 0 radical (unpaired) electrons. The van der Waals surface area contributed by atoms with Gasteiger partial charge in [-0.05, 0) is 48.2 Å². The monoisotopic (exact) mass is 426 g/mol. The van der Waals surface area contributed by atoms with Gasteiger partial charge in [-0.15, -0.1) is 0 Å². The van der Waals surface area contributed by atoms with Crippen LogP contribution in [0.2, 0.25) is 0 Å². The molecule has 0 aliphatic heterocycles. The lowest BCUT2D eigenvalue weighted by molar-refractivity contribution is 0.700. The predicted octanol–water partition coefficient (Wildman–Crippen LogP) is 3.08. The number of hydrogen-bond acceptors (Lipinski definition) is 3. The molecule has 3 aromatic carbocycles. The van der Waals surface area contributed by atoms with E-state index in [-0.39, 0.29) is 17.4 Å². The fraction of sp³-hybridized carbons (Fsp3) is 0.160. The van der Waals surface area contributed by atoms with Gasteiger partial charge in [-0.25, -0.2) is 4.79 Å². The van der Waals surface area contributed by atoms with E-state index in [2.05, 4.69) is 0 Å². The van der Waals surface area contributed by atoms with Crippen molar-refractivity contribution in [3.8, 4) is 0 Å². The van der Waals surface area contributed by atoms with E-state index < -0.39 is 0 Å². The number of nitrogens with two attached hydrogens (primary N) is 2. The number of aryl methyl sites for hydroxylation is 2. The van der Waals surface area contributed by atoms with Crippen molar-refractivity contribution in [2.24, 2.45) is 11.5 Å². The molecule has 0 bridgehead atoms. The Morgan fingerprint density at radius 1 is 0.750 bits per heavy atom. The minimum Gasteiger partial charge on any atom is -0.384 e. The quantitative estimate of drug-likeness (QED) is 0.279. The van der Waals surface area contributed by atoms with Crippen LogP contribution in [0.25, 0.3) is 11.0 Å². The van der Waals surface area contributed by atoms with Gasteiger partial charge in [0.15, 0.2) is 0 Å². The first-order chi connectivity index (χ1) is 15.3. The molecule has 0 aliphatic rings. The van der Waals surface area contributed by atoms with Crippen molar-refractivity contribution in [2.75, 3.05) is 0 Å². The second-order valence-electron chi connectivity index (χ2n) is 8.08. The maximum absolute atomic E-state index is 13.6. The van der Waals surface area contributed by atoms with Gasteiger partial charge in [0.2, 0.25) is 0 Å². The van der Waals surface area contributed by atoms with E-state index >= 15 is 0 Å². The van der Waals surface area contributed by atoms with Crippen LogP contribution in [-0.4, -0.2) is 20.8 Å². The smallest absolute Gasteiger partial charge is 0.329 e. The Morgan fingerprint density at radius 3 is 1.53 bits per heavy atom. The number of fused-ring (bicyclic) bond motifs is 1. The third-order valence-electron chi connectivity index (χ3n) is 5.71. The fourth-order valence-corrected chi connectivity index (χ4v) is 4.13. The lowest BCUT2D eigenvalue weighted by atomic mass is 10.1. The normalized spacial score (nSPS) is 11.1. The van der Waals surface area contributed by atoms with Crippen molar-refractivity contribution in [1.29, 1.82) is 10.8 Å². The largest absolute Gasteiger partial charge is 0.384 e. The number of amidine groups is 2. The van der Waals surface area contributed by atoms with Crippen molar-refractivity contribution in [1.82, 2.24) is 9.13 Å². The van der Waals surface area contributed by atoms with E-state index in [0.29, 0.717) is 24.2 Å². The highest BCUT2D eigenvalue weighted by Gasteiger charge is 2.18. The van der Waals surface area contributed by atoms with Crippen LogP contribution in [0.4, 0.5) is 0 Å². The third kappa shape index (κ3) is 3.80. The third-order valence-corrected chi connectivity index (χ3v) is 5.71. The number of benzene rings is 3. The average molecular weight is 427 g/mol. The van der Waals surface area contributed by atoms with Gasteiger partial charge in [-0.1, -0.05) is 48.5 Å². The number of hydrogen-bond donors (Lipinski definition) is 4. The van der Waals surface area contributed by atoms with Crippen LogP contribution in [0.5, 0.6) is 0 Å². The maximum Gasteiger partial charge on any atom is 0.329 e. The fourth-order valence-electron chi connectivity index (χ4n) is 4.13. The number of nitrogen functional groups attached to an aromatic ring is 2. The molecular weight excluding hydrogens is 400 g/mol. The summed E-state index contributed by atoms with van der Waals surface area (Å²) in [5.41, 5.74) is 18.1. The van der Waals surface area contributed by atoms with Crippen LogP contribution in [0.15, 0.2) is 65.5 Å². The van der Waals surface area contributed by atoms with Crippen LogP contribution in [-0.2, 0) is 13.1 Å². The number of nitrogens with one attached hydrogen (secondary N) is 2. The first-order valence-corrected chi connectivity index (χ1v) is 10.3. The highest BCUT2D eigenvalue weighted by molar-refractivity contribution is 5.95. The van der Waals surface area contributed by atoms with Gasteiger partial charge < -0.3 is 11.5 Å². The summed E-state index contributed by atoms with van der Waals surface area (Å²) < 4.78 is 3.57. The van der Waals surface area contributed by atoms with Crippen molar-refractivity contribution in [3.05, 3.63) is 105 Å². The Balaban J connectivity index is 1.87. The molecule has 0 saturated carbocycles. The summed E-state index contributed by atoms with van der Waals surface area (Å²) in [7, 11) is 0. The second-order valence-corrected chi connectivity index (χ2v) is 8.08. The van der Waals surface area contributed by atoms with Crippen LogP contribution in [0.1, 0.15) is 33.4 Å². The van der Waals surface area contributed by atoms with Gasteiger partial charge in [0.25, 0.3) is 0 Å². The molecule has 162 valence electrons. The second kappa shape index (κ2) is 8.19. The van der Waals surface area contributed by atoms with E-state index in [1.54, 1.807) is 21.3 Å². The Hall–Kier alpha value is -4.13. The summed E-state index contributed by atoms with van der Waals surface area (Å²) in [6.07, 6.45) is 0. The van der Waals surface area contributed by atoms with E-state index in [1.165, 1.54) is 0 Å². The summed E-state index contributed by atoms with van der Waals surface area (Å²) >= 11 is 0. The van der Waals surface area contributed by atoms with Crippen LogP contribution < -0.4 is 17.2 Å². The first kappa shape index (κ1) is 21.1. The highest BCUT2D eigenvalue weighted by Crippen LogP contribution is 2.24. The topological polar surface area (TPSA) is 127 Å². The number of nitrogens with zero attached hydrogens (tertiary/aromatic N) is 2. The number of imidazole rings is 1. The molecule has 32 heavy (non-hydrogen) atoms. The average Bonchev–Trinajstić information content (AvgIpc) is 3.04. The Labute approximate surface area is 185 Å². The maximum atomic E-state index is 13.6. The summed E-state index contributed by atoms with van der Waals surface area (Å²) in [5.74, 6) is -0.00185. The van der Waals surface area contributed by atoms with Gasteiger partial charge in [-0.2, -0.15) is 0 Å². The molecule has 7 heteroatoms. The van der Waals surface area contributed by atoms with Crippen molar-refractivity contribution < 1.29 is 0 Å². The van der Waals surface area contributed by atoms with Gasteiger partial charge >= 0.3 is 5.69 Å². The van der Waals surface area contributed by atoms with E-state index in [4.69, 9.17) is 22.3 Å². The molecule has 4 aromatic rings. The lowest BCUT2D eigenvalue weighted by Crippen LogP contribution is -2.25. The number of aromatic nitrogens is 2. The minimum absolute atomic E-state index is 0.000923. The molecule has 0 amide bonds. The molecule has 1 heterocycles. The summed E-state index contributed by atoms with van der Waals surface area (Å²) in [5, 5.41) is 15.4. The van der Waals surface area contributed by atoms with Crippen LogP contribution in [0, 0.1) is 24.7 Å². The van der Waals surface area contributed by atoms with Gasteiger partial charge in [-0.3, -0.25) is 20.0 Å². The van der Waals surface area contributed by atoms with Gasteiger partial charge in [0.05, 0.1) is 24.1 Å². The van der Waals surface area contributed by atoms with Gasteiger partial charge in [0.1, 0.15) is 11.7 Å². The van der Waals surface area contributed by atoms with E-state index in [1.807, 2.05) is 62.4 Å². The van der Waals surface area contributed by atoms with Crippen molar-refractivity contribution in [3.63, 3.8) is 0 Å². The zero-order valence-electron chi connectivity index (χ0n) is 18.1. The molecule has 0 saturated heterocycles. The Kier molecular flexibility index (Phi) is 5.40. The molecule has 0 unspecified atom stereocenters. The summed E-state index contributed by atoms with van der Waals surface area (Å²) in [4.78, 5) is 13.6. The zero-order chi connectivity index (χ0) is 23.0. The van der Waals surface area contributed by atoms with Crippen LogP contribution >= 0.6 is 0 Å². The standard InChI is InChI=1S/C25H26N6O/c1-15-9-10-16(2)22-21(15)30(13-17-5-3-7-19(11-17)23(26)27)25(32)31(22)14-18-6-4-8-20(12-18)24(28)29/h3-12H,13-14H2,1-2H3,(H3,26,27)(H3,28,29). The van der Waals surface area contributed by atoms with Gasteiger partial charge in [0, 0.05) is 11.1 Å². The number of rotatable bonds is 6. The molecule has 0 aliphatic carbocycles. The Morgan fingerprint density at radius 2 is 1.16 bits per heavy atom.